The highest BCUT2D eigenvalue weighted by Crippen LogP contribution is 2.29. The van der Waals surface area contributed by atoms with Gasteiger partial charge in [0.1, 0.15) is 22.9 Å². The van der Waals surface area contributed by atoms with E-state index in [1.54, 1.807) is 60.7 Å². The average molecular weight is 672 g/mol. The van der Waals surface area contributed by atoms with Gasteiger partial charge in [-0.1, -0.05) is 61.5 Å². The number of ether oxygens (including phenoxy) is 2. The summed E-state index contributed by atoms with van der Waals surface area (Å²) in [6.45, 7) is 4.40. The van der Waals surface area contributed by atoms with Crippen molar-refractivity contribution in [1.29, 1.82) is 0 Å². The number of anilines is 2. The zero-order valence-corrected chi connectivity index (χ0v) is 28.0. The first-order chi connectivity index (χ1) is 23.9. The van der Waals surface area contributed by atoms with E-state index >= 15 is 0 Å². The molecule has 0 saturated heterocycles. The molecule has 9 heteroatoms. The smallest absolute Gasteiger partial charge is 0.272 e. The predicted molar refractivity (Wildman–Crippen MR) is 196 cm³/mol. The lowest BCUT2D eigenvalue weighted by Gasteiger charge is -2.16. The molecule has 0 spiro atoms. The standard InChI is InChI=1S/C40H37N3O5S/c1-3-37(40(46)41-30-20-24-34(25-21-30)48-33-15-9-6-10-16-33)49-35-17-11-14-31(27-35)42-39(45)36(43-38(44)29-12-7-5-8-13-29)26-28-18-22-32(23-19-28)47-4-2/h5-27,37H,3-4H2,1-2H3,(H,41,46)(H,42,45)(H,43,44)/b36-26+. The number of hydrogen-bond acceptors (Lipinski definition) is 6. The van der Waals surface area contributed by atoms with E-state index in [-0.39, 0.29) is 16.9 Å². The van der Waals surface area contributed by atoms with E-state index in [1.165, 1.54) is 11.8 Å². The van der Waals surface area contributed by atoms with Crippen molar-refractivity contribution in [3.05, 3.63) is 150 Å². The molecular formula is C40H37N3O5S. The Morgan fingerprint density at radius 3 is 2.02 bits per heavy atom. The van der Waals surface area contributed by atoms with Crippen LogP contribution in [0.4, 0.5) is 11.4 Å². The number of carbonyl (C=O) groups excluding carboxylic acids is 3. The second-order valence-corrected chi connectivity index (χ2v) is 12.1. The van der Waals surface area contributed by atoms with Crippen molar-refractivity contribution in [3.8, 4) is 17.2 Å². The Morgan fingerprint density at radius 2 is 1.35 bits per heavy atom. The molecule has 1 unspecified atom stereocenters. The Balaban J connectivity index is 1.25. The first-order valence-corrected chi connectivity index (χ1v) is 16.8. The van der Waals surface area contributed by atoms with Crippen molar-refractivity contribution < 1.29 is 23.9 Å². The van der Waals surface area contributed by atoms with Gasteiger partial charge in [-0.15, -0.1) is 11.8 Å². The SMILES string of the molecule is CCOc1ccc(/C=C(/NC(=O)c2ccccc2)C(=O)Nc2cccc(SC(CC)C(=O)Nc3ccc(Oc4ccccc4)cc3)c2)cc1. The lowest BCUT2D eigenvalue weighted by Crippen LogP contribution is -2.30. The Kier molecular flexibility index (Phi) is 12.2. The molecule has 0 aromatic heterocycles. The van der Waals surface area contributed by atoms with Gasteiger partial charge in [0, 0.05) is 21.8 Å². The summed E-state index contributed by atoms with van der Waals surface area (Å²) in [7, 11) is 0. The number of rotatable bonds is 14. The minimum atomic E-state index is -0.496. The van der Waals surface area contributed by atoms with Gasteiger partial charge >= 0.3 is 0 Å². The fourth-order valence-corrected chi connectivity index (χ4v) is 5.74. The number of benzene rings is 5. The fourth-order valence-electron chi connectivity index (χ4n) is 4.72. The van der Waals surface area contributed by atoms with Crippen molar-refractivity contribution >= 4 is 46.9 Å². The third-order valence-electron chi connectivity index (χ3n) is 7.17. The largest absolute Gasteiger partial charge is 0.494 e. The van der Waals surface area contributed by atoms with Crippen LogP contribution in [-0.4, -0.2) is 29.6 Å². The van der Waals surface area contributed by atoms with Crippen LogP contribution < -0.4 is 25.4 Å². The van der Waals surface area contributed by atoms with Gasteiger partial charge in [-0.05, 0) is 104 Å². The third kappa shape index (κ3) is 10.3. The molecule has 0 aliphatic carbocycles. The summed E-state index contributed by atoms with van der Waals surface area (Å²) in [6.07, 6.45) is 2.20. The zero-order chi connectivity index (χ0) is 34.4. The van der Waals surface area contributed by atoms with Crippen LogP contribution in [0.5, 0.6) is 17.2 Å². The molecule has 0 radical (unpaired) electrons. The molecule has 5 rings (SSSR count). The van der Waals surface area contributed by atoms with E-state index < -0.39 is 11.8 Å². The second-order valence-electron chi connectivity index (χ2n) is 10.8. The van der Waals surface area contributed by atoms with Gasteiger partial charge in [0.25, 0.3) is 11.8 Å². The van der Waals surface area contributed by atoms with Crippen LogP contribution in [0, 0.1) is 0 Å². The van der Waals surface area contributed by atoms with Crippen LogP contribution in [0.15, 0.2) is 144 Å². The van der Waals surface area contributed by atoms with Gasteiger partial charge < -0.3 is 25.4 Å². The summed E-state index contributed by atoms with van der Waals surface area (Å²) in [5, 5.41) is 8.27. The van der Waals surface area contributed by atoms with Gasteiger partial charge in [-0.3, -0.25) is 14.4 Å². The monoisotopic (exact) mass is 671 g/mol. The van der Waals surface area contributed by atoms with Crippen molar-refractivity contribution in [2.75, 3.05) is 17.2 Å². The van der Waals surface area contributed by atoms with Crippen LogP contribution >= 0.6 is 11.8 Å². The molecule has 5 aromatic rings. The van der Waals surface area contributed by atoms with Crippen LogP contribution in [0.25, 0.3) is 6.08 Å². The first kappa shape index (κ1) is 34.5. The highest BCUT2D eigenvalue weighted by molar-refractivity contribution is 8.00. The van der Waals surface area contributed by atoms with Crippen LogP contribution in [0.1, 0.15) is 36.2 Å². The molecule has 3 amide bonds. The molecular weight excluding hydrogens is 635 g/mol. The summed E-state index contributed by atoms with van der Waals surface area (Å²) < 4.78 is 11.4. The third-order valence-corrected chi connectivity index (χ3v) is 8.52. The number of thioether (sulfide) groups is 1. The lowest BCUT2D eigenvalue weighted by atomic mass is 10.1. The molecule has 1 atom stereocenters. The van der Waals surface area contributed by atoms with Crippen molar-refractivity contribution in [2.24, 2.45) is 0 Å². The summed E-state index contributed by atoms with van der Waals surface area (Å²) in [5.41, 5.74) is 2.39. The molecule has 248 valence electrons. The molecule has 0 saturated carbocycles. The minimum Gasteiger partial charge on any atom is -0.494 e. The topological polar surface area (TPSA) is 106 Å². The summed E-state index contributed by atoms with van der Waals surface area (Å²) in [6, 6.07) is 39.9. The summed E-state index contributed by atoms with van der Waals surface area (Å²) in [5.74, 6) is 1.07. The predicted octanol–water partition coefficient (Wildman–Crippen LogP) is 8.80. The van der Waals surface area contributed by atoms with E-state index in [4.69, 9.17) is 9.47 Å². The highest BCUT2D eigenvalue weighted by Gasteiger charge is 2.20. The van der Waals surface area contributed by atoms with Gasteiger partial charge in [-0.25, -0.2) is 0 Å². The average Bonchev–Trinajstić information content (AvgIpc) is 3.13. The minimum absolute atomic E-state index is 0.0714. The Bertz CT molecular complexity index is 1880. The van der Waals surface area contributed by atoms with Crippen LogP contribution in [0.3, 0.4) is 0 Å². The van der Waals surface area contributed by atoms with E-state index in [2.05, 4.69) is 16.0 Å². The Morgan fingerprint density at radius 1 is 0.694 bits per heavy atom. The van der Waals surface area contributed by atoms with Gasteiger partial charge in [0.2, 0.25) is 5.91 Å². The Hall–Kier alpha value is -5.80. The molecule has 0 aliphatic heterocycles. The number of para-hydroxylation sites is 1. The van der Waals surface area contributed by atoms with E-state index in [9.17, 15) is 14.4 Å². The molecule has 0 bridgehead atoms. The lowest BCUT2D eigenvalue weighted by molar-refractivity contribution is -0.116. The van der Waals surface area contributed by atoms with Crippen molar-refractivity contribution in [2.45, 2.75) is 30.4 Å². The van der Waals surface area contributed by atoms with E-state index in [0.717, 1.165) is 10.6 Å². The van der Waals surface area contributed by atoms with Gasteiger partial charge in [-0.2, -0.15) is 0 Å². The van der Waals surface area contributed by atoms with E-state index in [0.29, 0.717) is 47.0 Å². The Labute approximate surface area is 290 Å². The van der Waals surface area contributed by atoms with Gasteiger partial charge in [0.05, 0.1) is 11.9 Å². The maximum atomic E-state index is 13.6. The first-order valence-electron chi connectivity index (χ1n) is 15.9. The highest BCUT2D eigenvalue weighted by atomic mass is 32.2. The number of hydrogen-bond donors (Lipinski definition) is 3. The quantitative estimate of drug-likeness (QED) is 0.0805. The molecule has 0 aliphatic rings. The molecule has 8 nitrogen and oxygen atoms in total. The molecule has 0 heterocycles. The van der Waals surface area contributed by atoms with Crippen molar-refractivity contribution in [1.82, 2.24) is 5.32 Å². The molecule has 3 N–H and O–H groups in total. The van der Waals surface area contributed by atoms with Crippen molar-refractivity contribution in [3.63, 3.8) is 0 Å². The van der Waals surface area contributed by atoms with Gasteiger partial charge in [0.15, 0.2) is 0 Å². The normalized spacial score (nSPS) is 11.6. The fraction of sp³-hybridized carbons (Fsp3) is 0.125. The van der Waals surface area contributed by atoms with Crippen LogP contribution in [-0.2, 0) is 9.59 Å². The number of nitrogens with one attached hydrogen (secondary N) is 3. The van der Waals surface area contributed by atoms with Crippen LogP contribution in [0.2, 0.25) is 0 Å². The summed E-state index contributed by atoms with van der Waals surface area (Å²) in [4.78, 5) is 40.7. The number of carbonyl (C=O) groups is 3. The molecule has 49 heavy (non-hydrogen) atoms. The molecule has 0 fully saturated rings. The maximum Gasteiger partial charge on any atom is 0.272 e. The molecule has 5 aromatic carbocycles. The number of amides is 3. The maximum absolute atomic E-state index is 13.6. The zero-order valence-electron chi connectivity index (χ0n) is 27.2. The summed E-state index contributed by atoms with van der Waals surface area (Å²) >= 11 is 1.40. The second kappa shape index (κ2) is 17.4. The van der Waals surface area contributed by atoms with E-state index in [1.807, 2.05) is 92.7 Å².